The lowest BCUT2D eigenvalue weighted by Crippen LogP contribution is -2.33. The maximum atomic E-state index is 5.56. The monoisotopic (exact) mass is 162 g/mol. The molecule has 0 aliphatic carbocycles. The van der Waals surface area contributed by atoms with Crippen molar-refractivity contribution in [3.63, 3.8) is 0 Å². The Labute approximate surface area is 74.5 Å². The van der Waals surface area contributed by atoms with Crippen molar-refractivity contribution in [2.75, 3.05) is 6.61 Å². The number of hydrogen-bond donors (Lipinski definition) is 0. The smallest absolute Gasteiger partial charge is 0.0638 e. The summed E-state index contributed by atoms with van der Waals surface area (Å²) in [5.74, 6) is 8.50. The van der Waals surface area contributed by atoms with E-state index in [0.29, 0.717) is 5.92 Å². The Morgan fingerprint density at radius 1 is 1.50 bits per heavy atom. The standard InChI is InChI=1S/C11H14O/c1-4-5-6-10-7-8-12-11(2,3)9-10/h1,10H,7-9H2,2-3H3. The van der Waals surface area contributed by atoms with Gasteiger partial charge in [0, 0.05) is 12.5 Å². The number of terminal acetylenes is 1. The number of ether oxygens (including phenoxy) is 1. The lowest BCUT2D eigenvalue weighted by molar-refractivity contribution is -0.0630. The van der Waals surface area contributed by atoms with Crippen molar-refractivity contribution in [1.82, 2.24) is 0 Å². The summed E-state index contributed by atoms with van der Waals surface area (Å²) in [6.45, 7) is 4.99. The van der Waals surface area contributed by atoms with Gasteiger partial charge >= 0.3 is 0 Å². The van der Waals surface area contributed by atoms with Crippen LogP contribution in [-0.4, -0.2) is 12.2 Å². The van der Waals surface area contributed by atoms with Gasteiger partial charge in [0.15, 0.2) is 0 Å². The van der Waals surface area contributed by atoms with Crippen molar-refractivity contribution in [2.45, 2.75) is 32.3 Å². The summed E-state index contributed by atoms with van der Waals surface area (Å²) in [5, 5.41) is 0. The SMILES string of the molecule is C#CC#CC1CCOC(C)(C)C1. The van der Waals surface area contributed by atoms with Crippen molar-refractivity contribution in [1.29, 1.82) is 0 Å². The summed E-state index contributed by atoms with van der Waals surface area (Å²) in [5.41, 5.74) is -0.0216. The fourth-order valence-electron chi connectivity index (χ4n) is 1.50. The van der Waals surface area contributed by atoms with Crippen LogP contribution in [0.4, 0.5) is 0 Å². The second kappa shape index (κ2) is 3.65. The van der Waals surface area contributed by atoms with E-state index in [1.54, 1.807) is 0 Å². The highest BCUT2D eigenvalue weighted by Crippen LogP contribution is 2.27. The molecule has 0 bridgehead atoms. The van der Waals surface area contributed by atoms with Gasteiger partial charge in [-0.2, -0.15) is 0 Å². The van der Waals surface area contributed by atoms with Crippen molar-refractivity contribution in [2.24, 2.45) is 5.92 Å². The van der Waals surface area contributed by atoms with Gasteiger partial charge < -0.3 is 4.74 Å². The summed E-state index contributed by atoms with van der Waals surface area (Å²) >= 11 is 0. The highest BCUT2D eigenvalue weighted by atomic mass is 16.5. The predicted molar refractivity (Wildman–Crippen MR) is 49.4 cm³/mol. The van der Waals surface area contributed by atoms with Crippen LogP contribution in [0.15, 0.2) is 0 Å². The highest BCUT2D eigenvalue weighted by Gasteiger charge is 2.27. The first-order valence-electron chi connectivity index (χ1n) is 4.24. The zero-order chi connectivity index (χ0) is 9.03. The minimum absolute atomic E-state index is 0.0216. The van der Waals surface area contributed by atoms with Gasteiger partial charge in [-0.25, -0.2) is 0 Å². The molecule has 0 N–H and O–H groups in total. The zero-order valence-electron chi connectivity index (χ0n) is 7.68. The van der Waals surface area contributed by atoms with Gasteiger partial charge in [0.1, 0.15) is 0 Å². The number of rotatable bonds is 0. The Kier molecular flexibility index (Phi) is 2.79. The second-order valence-corrected chi connectivity index (χ2v) is 3.71. The van der Waals surface area contributed by atoms with Crippen LogP contribution < -0.4 is 0 Å². The summed E-state index contributed by atoms with van der Waals surface area (Å²) in [6.07, 6.45) is 7.06. The minimum atomic E-state index is -0.0216. The van der Waals surface area contributed by atoms with Gasteiger partial charge in [-0.15, -0.1) is 6.42 Å². The Morgan fingerprint density at radius 3 is 2.83 bits per heavy atom. The molecule has 0 aromatic heterocycles. The molecule has 1 heteroatoms. The Hall–Kier alpha value is -0.920. The van der Waals surface area contributed by atoms with Crippen LogP contribution in [0.5, 0.6) is 0 Å². The van der Waals surface area contributed by atoms with Crippen LogP contribution >= 0.6 is 0 Å². The van der Waals surface area contributed by atoms with Gasteiger partial charge in [-0.05, 0) is 38.5 Å². The molecule has 1 aliphatic rings. The van der Waals surface area contributed by atoms with Gasteiger partial charge in [0.05, 0.1) is 5.60 Å². The molecule has 0 aromatic carbocycles. The Morgan fingerprint density at radius 2 is 2.25 bits per heavy atom. The minimum Gasteiger partial charge on any atom is -0.375 e. The summed E-state index contributed by atoms with van der Waals surface area (Å²) < 4.78 is 5.56. The lowest BCUT2D eigenvalue weighted by atomic mass is 9.89. The normalized spacial score (nSPS) is 26.6. The lowest BCUT2D eigenvalue weighted by Gasteiger charge is -2.33. The molecule has 0 aromatic rings. The molecule has 0 radical (unpaired) electrons. The van der Waals surface area contributed by atoms with E-state index in [-0.39, 0.29) is 5.60 Å². The molecule has 1 nitrogen and oxygen atoms in total. The molecule has 1 fully saturated rings. The van der Waals surface area contributed by atoms with E-state index in [1.165, 1.54) is 0 Å². The highest BCUT2D eigenvalue weighted by molar-refractivity contribution is 5.23. The van der Waals surface area contributed by atoms with Crippen molar-refractivity contribution in [3.8, 4) is 24.2 Å². The first kappa shape index (κ1) is 9.17. The van der Waals surface area contributed by atoms with Crippen LogP contribution in [0.25, 0.3) is 0 Å². The fourth-order valence-corrected chi connectivity index (χ4v) is 1.50. The van der Waals surface area contributed by atoms with E-state index in [4.69, 9.17) is 11.2 Å². The van der Waals surface area contributed by atoms with E-state index in [2.05, 4.69) is 31.6 Å². The third-order valence-corrected chi connectivity index (χ3v) is 2.05. The molecule has 0 spiro atoms. The topological polar surface area (TPSA) is 9.23 Å². The first-order valence-corrected chi connectivity index (χ1v) is 4.24. The Balaban J connectivity index is 2.53. The first-order chi connectivity index (χ1) is 5.64. The molecule has 1 saturated heterocycles. The molecule has 0 saturated carbocycles. The van der Waals surface area contributed by atoms with Crippen LogP contribution in [0.1, 0.15) is 26.7 Å². The molecule has 12 heavy (non-hydrogen) atoms. The molecular formula is C11H14O. The quantitative estimate of drug-likeness (QED) is 0.494. The van der Waals surface area contributed by atoms with Gasteiger partial charge in [0.2, 0.25) is 0 Å². The van der Waals surface area contributed by atoms with Crippen LogP contribution in [0.3, 0.4) is 0 Å². The Bertz CT molecular complexity index is 246. The third kappa shape index (κ3) is 2.61. The number of hydrogen-bond acceptors (Lipinski definition) is 1. The van der Waals surface area contributed by atoms with E-state index in [0.717, 1.165) is 19.4 Å². The molecule has 1 rings (SSSR count). The van der Waals surface area contributed by atoms with E-state index in [1.807, 2.05) is 0 Å². The molecule has 64 valence electrons. The van der Waals surface area contributed by atoms with Crippen molar-refractivity contribution >= 4 is 0 Å². The maximum Gasteiger partial charge on any atom is 0.0638 e. The van der Waals surface area contributed by atoms with Gasteiger partial charge in [-0.3, -0.25) is 0 Å². The van der Waals surface area contributed by atoms with E-state index < -0.39 is 0 Å². The second-order valence-electron chi connectivity index (χ2n) is 3.71. The molecule has 1 atom stereocenters. The average Bonchev–Trinajstić information content (AvgIpc) is 1.99. The zero-order valence-corrected chi connectivity index (χ0v) is 7.68. The van der Waals surface area contributed by atoms with Crippen LogP contribution in [0.2, 0.25) is 0 Å². The predicted octanol–water partition coefficient (Wildman–Crippen LogP) is 1.83. The average molecular weight is 162 g/mol. The summed E-state index contributed by atoms with van der Waals surface area (Å²) in [6, 6.07) is 0. The van der Waals surface area contributed by atoms with E-state index >= 15 is 0 Å². The van der Waals surface area contributed by atoms with Gasteiger partial charge in [-0.1, -0.05) is 5.92 Å². The molecule has 1 heterocycles. The van der Waals surface area contributed by atoms with Crippen LogP contribution in [0, 0.1) is 30.1 Å². The largest absolute Gasteiger partial charge is 0.375 e. The molecule has 0 amide bonds. The summed E-state index contributed by atoms with van der Waals surface area (Å²) in [7, 11) is 0. The van der Waals surface area contributed by atoms with Crippen LogP contribution in [-0.2, 0) is 4.74 Å². The fraction of sp³-hybridized carbons (Fsp3) is 0.636. The molecular weight excluding hydrogens is 148 g/mol. The molecule has 1 aliphatic heterocycles. The van der Waals surface area contributed by atoms with Crippen molar-refractivity contribution < 1.29 is 4.74 Å². The van der Waals surface area contributed by atoms with E-state index in [9.17, 15) is 0 Å². The molecule has 1 unspecified atom stereocenters. The van der Waals surface area contributed by atoms with Crippen molar-refractivity contribution in [3.05, 3.63) is 0 Å². The summed E-state index contributed by atoms with van der Waals surface area (Å²) in [4.78, 5) is 0. The van der Waals surface area contributed by atoms with Gasteiger partial charge in [0.25, 0.3) is 0 Å². The maximum absolute atomic E-state index is 5.56. The third-order valence-electron chi connectivity index (χ3n) is 2.05.